The standard InChI is InChI=1S/C14H19N3O2/c1-17(7-6-12(15)14(18)19)9-10-8-16-13-5-3-2-4-11(10)13/h2-5,8,12,16H,6-7,9,15H2,1H3,(H,18,19). The van der Waals surface area contributed by atoms with E-state index in [2.05, 4.69) is 16.0 Å². The second kappa shape index (κ2) is 5.86. The Bertz CT molecular complexity index is 565. The summed E-state index contributed by atoms with van der Waals surface area (Å²) in [5.74, 6) is -0.944. The van der Waals surface area contributed by atoms with Crippen LogP contribution in [0.3, 0.4) is 0 Å². The van der Waals surface area contributed by atoms with E-state index >= 15 is 0 Å². The Hall–Kier alpha value is -1.85. The van der Waals surface area contributed by atoms with Crippen molar-refractivity contribution < 1.29 is 9.90 Å². The number of rotatable bonds is 6. The summed E-state index contributed by atoms with van der Waals surface area (Å²) in [5.41, 5.74) is 7.83. The summed E-state index contributed by atoms with van der Waals surface area (Å²) in [7, 11) is 1.97. The van der Waals surface area contributed by atoms with Crippen LogP contribution in [0.15, 0.2) is 30.5 Å². The highest BCUT2D eigenvalue weighted by Crippen LogP contribution is 2.18. The second-order valence-corrected chi connectivity index (χ2v) is 4.83. The number of H-pyrrole nitrogens is 1. The first-order valence-electron chi connectivity index (χ1n) is 6.30. The van der Waals surface area contributed by atoms with E-state index in [0.29, 0.717) is 13.0 Å². The van der Waals surface area contributed by atoms with Gasteiger partial charge in [0.2, 0.25) is 0 Å². The quantitative estimate of drug-likeness (QED) is 0.734. The number of benzene rings is 1. The average Bonchev–Trinajstić information content (AvgIpc) is 2.79. The molecule has 4 N–H and O–H groups in total. The molecule has 2 rings (SSSR count). The largest absolute Gasteiger partial charge is 0.480 e. The molecule has 0 amide bonds. The Labute approximate surface area is 112 Å². The van der Waals surface area contributed by atoms with Gasteiger partial charge in [0.25, 0.3) is 0 Å². The summed E-state index contributed by atoms with van der Waals surface area (Å²) in [6.45, 7) is 1.43. The minimum Gasteiger partial charge on any atom is -0.480 e. The molecule has 0 radical (unpaired) electrons. The molecule has 102 valence electrons. The van der Waals surface area contributed by atoms with Gasteiger partial charge < -0.3 is 20.7 Å². The van der Waals surface area contributed by atoms with Crippen molar-refractivity contribution in [3.8, 4) is 0 Å². The van der Waals surface area contributed by atoms with Crippen LogP contribution in [0.25, 0.3) is 10.9 Å². The van der Waals surface area contributed by atoms with Crippen molar-refractivity contribution in [1.29, 1.82) is 0 Å². The maximum Gasteiger partial charge on any atom is 0.320 e. The normalized spacial score (nSPS) is 13.0. The molecule has 0 aliphatic carbocycles. The van der Waals surface area contributed by atoms with Crippen LogP contribution in [0, 0.1) is 0 Å². The average molecular weight is 261 g/mol. The van der Waals surface area contributed by atoms with Crippen LogP contribution in [-0.4, -0.2) is 40.6 Å². The lowest BCUT2D eigenvalue weighted by molar-refractivity contribution is -0.138. The maximum atomic E-state index is 10.7. The molecule has 0 spiro atoms. The van der Waals surface area contributed by atoms with Crippen molar-refractivity contribution in [1.82, 2.24) is 9.88 Å². The van der Waals surface area contributed by atoms with E-state index in [-0.39, 0.29) is 0 Å². The number of para-hydroxylation sites is 1. The first-order valence-corrected chi connectivity index (χ1v) is 6.30. The van der Waals surface area contributed by atoms with Crippen LogP contribution in [-0.2, 0) is 11.3 Å². The number of aromatic amines is 1. The van der Waals surface area contributed by atoms with Gasteiger partial charge in [-0.15, -0.1) is 0 Å². The fourth-order valence-corrected chi connectivity index (χ4v) is 2.12. The van der Waals surface area contributed by atoms with E-state index in [1.54, 1.807) is 0 Å². The lowest BCUT2D eigenvalue weighted by atomic mass is 10.1. The van der Waals surface area contributed by atoms with Gasteiger partial charge in [0.1, 0.15) is 6.04 Å². The monoisotopic (exact) mass is 261 g/mol. The first-order chi connectivity index (χ1) is 9.08. The second-order valence-electron chi connectivity index (χ2n) is 4.83. The molecule has 1 aromatic carbocycles. The van der Waals surface area contributed by atoms with E-state index in [9.17, 15) is 4.79 Å². The van der Waals surface area contributed by atoms with E-state index in [4.69, 9.17) is 10.8 Å². The number of aliphatic carboxylic acids is 1. The van der Waals surface area contributed by atoms with Crippen molar-refractivity contribution in [3.05, 3.63) is 36.0 Å². The molecule has 2 aromatic rings. The highest BCUT2D eigenvalue weighted by atomic mass is 16.4. The number of hydrogen-bond acceptors (Lipinski definition) is 3. The van der Waals surface area contributed by atoms with Crippen molar-refractivity contribution in [2.45, 2.75) is 19.0 Å². The lowest BCUT2D eigenvalue weighted by Gasteiger charge is -2.17. The maximum absolute atomic E-state index is 10.7. The fourth-order valence-electron chi connectivity index (χ4n) is 2.12. The minimum absolute atomic E-state index is 0.453. The smallest absolute Gasteiger partial charge is 0.320 e. The summed E-state index contributed by atoms with van der Waals surface area (Å²) in [4.78, 5) is 16.0. The highest BCUT2D eigenvalue weighted by molar-refractivity contribution is 5.82. The van der Waals surface area contributed by atoms with Crippen LogP contribution in [0.2, 0.25) is 0 Å². The molecule has 0 bridgehead atoms. The lowest BCUT2D eigenvalue weighted by Crippen LogP contribution is -2.34. The molecular formula is C14H19N3O2. The fraction of sp³-hybridized carbons (Fsp3) is 0.357. The van der Waals surface area contributed by atoms with E-state index in [1.807, 2.05) is 31.4 Å². The summed E-state index contributed by atoms with van der Waals surface area (Å²) in [6, 6.07) is 7.35. The SMILES string of the molecule is CN(CCC(N)C(=O)O)Cc1c[nH]c2ccccc12. The van der Waals surface area contributed by atoms with E-state index in [1.165, 1.54) is 10.9 Å². The minimum atomic E-state index is -0.944. The van der Waals surface area contributed by atoms with Crippen molar-refractivity contribution >= 4 is 16.9 Å². The van der Waals surface area contributed by atoms with Crippen molar-refractivity contribution in [2.75, 3.05) is 13.6 Å². The summed E-state index contributed by atoms with van der Waals surface area (Å²) in [5, 5.41) is 9.95. The van der Waals surface area contributed by atoms with Crippen LogP contribution in [0.5, 0.6) is 0 Å². The van der Waals surface area contributed by atoms with Gasteiger partial charge in [-0.25, -0.2) is 0 Å². The van der Waals surface area contributed by atoms with Gasteiger partial charge in [-0.3, -0.25) is 4.79 Å². The molecule has 1 unspecified atom stereocenters. The zero-order valence-corrected chi connectivity index (χ0v) is 11.0. The zero-order valence-electron chi connectivity index (χ0n) is 11.0. The summed E-state index contributed by atoms with van der Waals surface area (Å²) >= 11 is 0. The number of hydrogen-bond donors (Lipinski definition) is 3. The molecule has 5 heteroatoms. The Morgan fingerprint density at radius 1 is 1.47 bits per heavy atom. The van der Waals surface area contributed by atoms with Crippen LogP contribution in [0.1, 0.15) is 12.0 Å². The molecule has 0 aliphatic heterocycles. The number of carbonyl (C=O) groups is 1. The number of fused-ring (bicyclic) bond motifs is 1. The zero-order chi connectivity index (χ0) is 13.8. The molecule has 0 aliphatic rings. The van der Waals surface area contributed by atoms with Gasteiger partial charge >= 0.3 is 5.97 Å². The number of aromatic nitrogens is 1. The van der Waals surface area contributed by atoms with Gasteiger partial charge in [-0.2, -0.15) is 0 Å². The Morgan fingerprint density at radius 2 is 2.21 bits per heavy atom. The Kier molecular flexibility index (Phi) is 4.19. The van der Waals surface area contributed by atoms with Crippen LogP contribution < -0.4 is 5.73 Å². The molecule has 1 atom stereocenters. The molecular weight excluding hydrogens is 242 g/mol. The third-order valence-electron chi connectivity index (χ3n) is 3.25. The van der Waals surface area contributed by atoms with Crippen molar-refractivity contribution in [2.24, 2.45) is 5.73 Å². The predicted octanol–water partition coefficient (Wildman–Crippen LogP) is 1.40. The summed E-state index contributed by atoms with van der Waals surface area (Å²) < 4.78 is 0. The van der Waals surface area contributed by atoms with Gasteiger partial charge in [0.15, 0.2) is 0 Å². The topological polar surface area (TPSA) is 82.3 Å². The van der Waals surface area contributed by atoms with E-state index in [0.717, 1.165) is 12.1 Å². The molecule has 1 heterocycles. The number of nitrogens with two attached hydrogens (primary N) is 1. The molecule has 5 nitrogen and oxygen atoms in total. The molecule has 0 saturated carbocycles. The van der Waals surface area contributed by atoms with Crippen molar-refractivity contribution in [3.63, 3.8) is 0 Å². The molecule has 1 aromatic heterocycles. The number of nitrogens with one attached hydrogen (secondary N) is 1. The van der Waals surface area contributed by atoms with Gasteiger partial charge in [0.05, 0.1) is 0 Å². The number of carboxylic acids is 1. The third kappa shape index (κ3) is 3.33. The summed E-state index contributed by atoms with van der Waals surface area (Å²) in [6.07, 6.45) is 2.45. The third-order valence-corrected chi connectivity index (χ3v) is 3.25. The van der Waals surface area contributed by atoms with Crippen LogP contribution in [0.4, 0.5) is 0 Å². The van der Waals surface area contributed by atoms with Crippen LogP contribution >= 0.6 is 0 Å². The number of nitrogens with zero attached hydrogens (tertiary/aromatic N) is 1. The van der Waals surface area contributed by atoms with Gasteiger partial charge in [-0.1, -0.05) is 18.2 Å². The van der Waals surface area contributed by atoms with Gasteiger partial charge in [-0.05, 0) is 25.1 Å². The molecule has 19 heavy (non-hydrogen) atoms. The highest BCUT2D eigenvalue weighted by Gasteiger charge is 2.13. The Morgan fingerprint density at radius 3 is 2.95 bits per heavy atom. The first kappa shape index (κ1) is 13.6. The van der Waals surface area contributed by atoms with Gasteiger partial charge in [0, 0.05) is 30.2 Å². The molecule has 0 saturated heterocycles. The van der Waals surface area contributed by atoms with E-state index < -0.39 is 12.0 Å². The predicted molar refractivity (Wildman–Crippen MR) is 74.9 cm³/mol. The Balaban J connectivity index is 1.95. The molecule has 0 fully saturated rings. The number of carboxylic acid groups (broad SMARTS) is 1.